The molecule has 3 aromatic rings. The fourth-order valence-corrected chi connectivity index (χ4v) is 1.97. The van der Waals surface area contributed by atoms with Crippen molar-refractivity contribution in [3.8, 4) is 11.4 Å². The van der Waals surface area contributed by atoms with Crippen LogP contribution < -0.4 is 11.1 Å². The van der Waals surface area contributed by atoms with Crippen LogP contribution in [0.15, 0.2) is 48.9 Å². The lowest BCUT2D eigenvalue weighted by molar-refractivity contribution is 1.06. The second-order valence-corrected chi connectivity index (χ2v) is 4.67. The highest BCUT2D eigenvalue weighted by molar-refractivity contribution is 6.30. The lowest BCUT2D eigenvalue weighted by Gasteiger charge is -2.06. The molecule has 0 saturated carbocycles. The molecule has 3 N–H and O–H groups in total. The normalized spacial score (nSPS) is 10.3. The Labute approximate surface area is 126 Å². The maximum Gasteiger partial charge on any atom is 0.230 e. The first-order valence-electron chi connectivity index (χ1n) is 6.14. The largest absolute Gasteiger partial charge is 0.384 e. The summed E-state index contributed by atoms with van der Waals surface area (Å²) in [7, 11) is 0. The van der Waals surface area contributed by atoms with Gasteiger partial charge >= 0.3 is 0 Å². The van der Waals surface area contributed by atoms with E-state index >= 15 is 0 Å². The number of rotatable bonds is 3. The average molecular weight is 299 g/mol. The van der Waals surface area contributed by atoms with Crippen LogP contribution in [0.2, 0.25) is 5.02 Å². The molecular formula is C14H11ClN6. The van der Waals surface area contributed by atoms with Gasteiger partial charge in [-0.3, -0.25) is 0 Å². The van der Waals surface area contributed by atoms with Gasteiger partial charge in [-0.2, -0.15) is 4.98 Å². The van der Waals surface area contributed by atoms with Crippen LogP contribution in [-0.4, -0.2) is 19.9 Å². The number of nitrogens with zero attached hydrogens (tertiary/aromatic N) is 4. The first kappa shape index (κ1) is 13.3. The number of hydrogen-bond donors (Lipinski definition) is 2. The molecule has 0 amide bonds. The first-order chi connectivity index (χ1) is 10.2. The van der Waals surface area contributed by atoms with Crippen molar-refractivity contribution in [1.29, 1.82) is 0 Å². The highest BCUT2D eigenvalue weighted by Gasteiger charge is 2.05. The van der Waals surface area contributed by atoms with E-state index in [2.05, 4.69) is 25.3 Å². The zero-order valence-electron chi connectivity index (χ0n) is 10.9. The van der Waals surface area contributed by atoms with Gasteiger partial charge in [0.1, 0.15) is 12.1 Å². The van der Waals surface area contributed by atoms with Crippen LogP contribution in [0.3, 0.4) is 0 Å². The maximum absolute atomic E-state index is 5.94. The lowest BCUT2D eigenvalue weighted by atomic mass is 10.2. The molecule has 0 unspecified atom stereocenters. The number of hydrogen-bond acceptors (Lipinski definition) is 6. The quantitative estimate of drug-likeness (QED) is 0.773. The Morgan fingerprint density at radius 2 is 1.95 bits per heavy atom. The van der Waals surface area contributed by atoms with Gasteiger partial charge in [-0.05, 0) is 30.3 Å². The van der Waals surface area contributed by atoms with E-state index in [4.69, 9.17) is 17.3 Å². The summed E-state index contributed by atoms with van der Waals surface area (Å²) in [6, 6.07) is 10.8. The first-order valence-corrected chi connectivity index (χ1v) is 6.52. The third kappa shape index (κ3) is 3.24. The molecule has 0 bridgehead atoms. The van der Waals surface area contributed by atoms with Gasteiger partial charge in [-0.15, -0.1) is 0 Å². The van der Waals surface area contributed by atoms with Crippen molar-refractivity contribution in [3.05, 3.63) is 53.9 Å². The van der Waals surface area contributed by atoms with E-state index in [1.807, 2.05) is 12.1 Å². The molecule has 0 aliphatic heterocycles. The minimum Gasteiger partial charge on any atom is -0.384 e. The molecular weight excluding hydrogens is 288 g/mol. The van der Waals surface area contributed by atoms with Gasteiger partial charge in [0.2, 0.25) is 5.95 Å². The van der Waals surface area contributed by atoms with Crippen LogP contribution >= 0.6 is 11.6 Å². The zero-order chi connectivity index (χ0) is 14.7. The number of aromatic nitrogens is 4. The van der Waals surface area contributed by atoms with E-state index < -0.39 is 0 Å². The second kappa shape index (κ2) is 5.72. The van der Waals surface area contributed by atoms with Gasteiger partial charge in [-0.1, -0.05) is 17.7 Å². The van der Waals surface area contributed by atoms with Crippen molar-refractivity contribution in [1.82, 2.24) is 19.9 Å². The Kier molecular flexibility index (Phi) is 3.61. The number of pyridine rings is 1. The van der Waals surface area contributed by atoms with Crippen LogP contribution in [0.1, 0.15) is 0 Å². The van der Waals surface area contributed by atoms with Crippen molar-refractivity contribution < 1.29 is 0 Å². The molecule has 2 aromatic heterocycles. The lowest BCUT2D eigenvalue weighted by Crippen LogP contribution is -2.00. The summed E-state index contributed by atoms with van der Waals surface area (Å²) in [5.41, 5.74) is 7.24. The van der Waals surface area contributed by atoms with Gasteiger partial charge < -0.3 is 11.1 Å². The van der Waals surface area contributed by atoms with Gasteiger partial charge in [0.15, 0.2) is 5.82 Å². The molecule has 0 saturated heterocycles. The Bertz CT molecular complexity index is 777. The number of anilines is 3. The van der Waals surface area contributed by atoms with Crippen LogP contribution in [0, 0.1) is 0 Å². The zero-order valence-corrected chi connectivity index (χ0v) is 11.6. The molecule has 0 atom stereocenters. The summed E-state index contributed by atoms with van der Waals surface area (Å²) in [6.45, 7) is 0. The molecule has 0 spiro atoms. The van der Waals surface area contributed by atoms with E-state index in [-0.39, 0.29) is 0 Å². The molecule has 7 heteroatoms. The molecule has 0 fully saturated rings. The maximum atomic E-state index is 5.94. The Morgan fingerprint density at radius 3 is 2.76 bits per heavy atom. The van der Waals surface area contributed by atoms with E-state index in [0.29, 0.717) is 22.6 Å². The molecule has 0 radical (unpaired) electrons. The molecule has 6 nitrogen and oxygen atoms in total. The van der Waals surface area contributed by atoms with Crippen molar-refractivity contribution in [2.45, 2.75) is 0 Å². The summed E-state index contributed by atoms with van der Waals surface area (Å²) < 4.78 is 0. The van der Waals surface area contributed by atoms with Crippen molar-refractivity contribution in [3.63, 3.8) is 0 Å². The predicted molar refractivity (Wildman–Crippen MR) is 82.2 cm³/mol. The number of halogens is 1. The van der Waals surface area contributed by atoms with E-state index in [0.717, 1.165) is 11.3 Å². The Balaban J connectivity index is 1.90. The second-order valence-electron chi connectivity index (χ2n) is 4.24. The standard InChI is InChI=1S/C14H11ClN6/c15-10-2-1-3-11(7-10)20-14-19-8-18-13(21-14)9-4-5-17-12(16)6-9/h1-8H,(H2,16,17)(H,18,19,20,21). The van der Waals surface area contributed by atoms with Gasteiger partial charge in [-0.25, -0.2) is 15.0 Å². The third-order valence-electron chi connectivity index (χ3n) is 2.69. The van der Waals surface area contributed by atoms with Crippen molar-refractivity contribution in [2.24, 2.45) is 0 Å². The van der Waals surface area contributed by atoms with Gasteiger partial charge in [0.25, 0.3) is 0 Å². The molecule has 21 heavy (non-hydrogen) atoms. The van der Waals surface area contributed by atoms with Crippen molar-refractivity contribution >= 4 is 29.1 Å². The van der Waals surface area contributed by atoms with E-state index in [9.17, 15) is 0 Å². The van der Waals surface area contributed by atoms with Crippen LogP contribution in [-0.2, 0) is 0 Å². The predicted octanol–water partition coefficient (Wildman–Crippen LogP) is 2.91. The minimum atomic E-state index is 0.414. The number of nitrogens with two attached hydrogens (primary N) is 1. The topological polar surface area (TPSA) is 89.6 Å². The summed E-state index contributed by atoms with van der Waals surface area (Å²) in [5, 5.41) is 3.71. The van der Waals surface area contributed by atoms with Crippen molar-refractivity contribution in [2.75, 3.05) is 11.1 Å². The highest BCUT2D eigenvalue weighted by Crippen LogP contribution is 2.20. The summed E-state index contributed by atoms with van der Waals surface area (Å²) in [5.74, 6) is 1.36. The van der Waals surface area contributed by atoms with E-state index in [1.165, 1.54) is 6.33 Å². The highest BCUT2D eigenvalue weighted by atomic mass is 35.5. The Morgan fingerprint density at radius 1 is 1.05 bits per heavy atom. The number of nitrogens with one attached hydrogen (secondary N) is 1. The Hall–Kier alpha value is -2.73. The summed E-state index contributed by atoms with van der Waals surface area (Å²) in [4.78, 5) is 16.5. The third-order valence-corrected chi connectivity index (χ3v) is 2.93. The number of nitrogen functional groups attached to an aromatic ring is 1. The van der Waals surface area contributed by atoms with Crippen LogP contribution in [0.4, 0.5) is 17.5 Å². The smallest absolute Gasteiger partial charge is 0.230 e. The fraction of sp³-hybridized carbons (Fsp3) is 0. The minimum absolute atomic E-state index is 0.414. The molecule has 3 rings (SSSR count). The molecule has 1 aromatic carbocycles. The van der Waals surface area contributed by atoms with Gasteiger partial charge in [0, 0.05) is 22.5 Å². The average Bonchev–Trinajstić information content (AvgIpc) is 2.47. The van der Waals surface area contributed by atoms with E-state index in [1.54, 1.807) is 30.5 Å². The monoisotopic (exact) mass is 298 g/mol. The molecule has 104 valence electrons. The summed E-state index contributed by atoms with van der Waals surface area (Å²) >= 11 is 5.94. The molecule has 0 aliphatic carbocycles. The van der Waals surface area contributed by atoms with Crippen LogP contribution in [0.5, 0.6) is 0 Å². The van der Waals surface area contributed by atoms with Gasteiger partial charge in [0.05, 0.1) is 0 Å². The summed E-state index contributed by atoms with van der Waals surface area (Å²) in [6.07, 6.45) is 3.05. The number of benzene rings is 1. The van der Waals surface area contributed by atoms with Crippen LogP contribution in [0.25, 0.3) is 11.4 Å². The molecule has 0 aliphatic rings. The fourth-order valence-electron chi connectivity index (χ4n) is 1.78. The SMILES string of the molecule is Nc1cc(-c2ncnc(Nc3cccc(Cl)c3)n2)ccn1. The molecule has 2 heterocycles.